The third-order valence-corrected chi connectivity index (χ3v) is 5.42. The van der Waals surface area contributed by atoms with Crippen molar-refractivity contribution in [1.82, 2.24) is 4.90 Å². The average Bonchev–Trinajstić information content (AvgIpc) is 3.23. The molecule has 0 radical (unpaired) electrons. The number of carbonyl (C=O) groups is 1. The summed E-state index contributed by atoms with van der Waals surface area (Å²) in [6.07, 6.45) is 1.90. The Bertz CT molecular complexity index is 866. The van der Waals surface area contributed by atoms with Gasteiger partial charge in [0.25, 0.3) is 0 Å². The van der Waals surface area contributed by atoms with Gasteiger partial charge in [-0.05, 0) is 43.7 Å². The van der Waals surface area contributed by atoms with Crippen LogP contribution < -0.4 is 18.9 Å². The molecular formula is C22H25NO5. The number of ketones is 1. The lowest BCUT2D eigenvalue weighted by Crippen LogP contribution is -2.38. The molecule has 2 aliphatic rings. The molecule has 6 nitrogen and oxygen atoms in total. The lowest BCUT2D eigenvalue weighted by Gasteiger charge is -2.32. The standard InChI is InChI=1S/C22H25NO5/c1-25-18-9-8-15(11-20(18)26-2)21(24)16-6-4-10-23(12-16)13-17-5-3-7-19-22(17)28-14-27-19/h3,5,7-9,11,16H,4,6,10,12-14H2,1-2H3/t16-/m1/s1. The molecule has 0 spiro atoms. The predicted octanol–water partition coefficient (Wildman–Crippen LogP) is 3.53. The summed E-state index contributed by atoms with van der Waals surface area (Å²) in [6.45, 7) is 2.73. The molecule has 0 saturated carbocycles. The zero-order valence-corrected chi connectivity index (χ0v) is 16.3. The van der Waals surface area contributed by atoms with E-state index in [-0.39, 0.29) is 18.5 Å². The Kier molecular flexibility index (Phi) is 5.39. The van der Waals surface area contributed by atoms with E-state index in [9.17, 15) is 4.79 Å². The van der Waals surface area contributed by atoms with E-state index in [0.717, 1.165) is 49.5 Å². The summed E-state index contributed by atoms with van der Waals surface area (Å²) in [5.74, 6) is 2.97. The van der Waals surface area contributed by atoms with Crippen LogP contribution in [0.4, 0.5) is 0 Å². The number of para-hydroxylation sites is 1. The first-order chi connectivity index (χ1) is 13.7. The molecule has 1 saturated heterocycles. The second kappa shape index (κ2) is 8.10. The van der Waals surface area contributed by atoms with Crippen molar-refractivity contribution in [1.29, 1.82) is 0 Å². The Labute approximate surface area is 165 Å². The second-order valence-electron chi connectivity index (χ2n) is 7.16. The average molecular weight is 383 g/mol. The van der Waals surface area contributed by atoms with Gasteiger partial charge in [0.1, 0.15) is 0 Å². The van der Waals surface area contributed by atoms with E-state index < -0.39 is 0 Å². The number of nitrogens with zero attached hydrogens (tertiary/aromatic N) is 1. The fourth-order valence-electron chi connectivity index (χ4n) is 3.99. The molecule has 1 fully saturated rings. The number of fused-ring (bicyclic) bond motifs is 1. The Hall–Kier alpha value is -2.73. The van der Waals surface area contributed by atoms with Gasteiger partial charge in [-0.15, -0.1) is 0 Å². The highest BCUT2D eigenvalue weighted by molar-refractivity contribution is 5.98. The number of hydrogen-bond acceptors (Lipinski definition) is 6. The maximum absolute atomic E-state index is 13.1. The Morgan fingerprint density at radius 1 is 1.14 bits per heavy atom. The summed E-state index contributed by atoms with van der Waals surface area (Å²) < 4.78 is 21.7. The number of ether oxygens (including phenoxy) is 4. The van der Waals surface area contributed by atoms with Crippen molar-refractivity contribution in [3.63, 3.8) is 0 Å². The Morgan fingerprint density at radius 2 is 2.00 bits per heavy atom. The van der Waals surface area contributed by atoms with Gasteiger partial charge >= 0.3 is 0 Å². The molecule has 0 amide bonds. The molecule has 6 heteroatoms. The van der Waals surface area contributed by atoms with Gasteiger partial charge in [0.2, 0.25) is 6.79 Å². The summed E-state index contributed by atoms with van der Waals surface area (Å²) in [4.78, 5) is 15.4. The highest BCUT2D eigenvalue weighted by Gasteiger charge is 2.28. The van der Waals surface area contributed by atoms with Crippen molar-refractivity contribution < 1.29 is 23.7 Å². The predicted molar refractivity (Wildman–Crippen MR) is 104 cm³/mol. The van der Waals surface area contributed by atoms with Gasteiger partial charge in [0.15, 0.2) is 28.8 Å². The topological polar surface area (TPSA) is 57.2 Å². The van der Waals surface area contributed by atoms with E-state index in [1.807, 2.05) is 18.2 Å². The summed E-state index contributed by atoms with van der Waals surface area (Å²) in [6, 6.07) is 11.3. The van der Waals surface area contributed by atoms with E-state index >= 15 is 0 Å². The van der Waals surface area contributed by atoms with Crippen molar-refractivity contribution >= 4 is 5.78 Å². The minimum atomic E-state index is -0.0271. The van der Waals surface area contributed by atoms with Crippen LogP contribution in [-0.4, -0.2) is 44.8 Å². The third-order valence-electron chi connectivity index (χ3n) is 5.42. The highest BCUT2D eigenvalue weighted by atomic mass is 16.7. The van der Waals surface area contributed by atoms with Crippen molar-refractivity contribution in [2.75, 3.05) is 34.1 Å². The largest absolute Gasteiger partial charge is 0.493 e. The normalized spacial score (nSPS) is 18.7. The summed E-state index contributed by atoms with van der Waals surface area (Å²) in [5, 5.41) is 0. The van der Waals surface area contributed by atoms with Crippen LogP contribution in [0, 0.1) is 5.92 Å². The highest BCUT2D eigenvalue weighted by Crippen LogP contribution is 2.36. The molecule has 0 aliphatic carbocycles. The van der Waals surface area contributed by atoms with Gasteiger partial charge in [-0.1, -0.05) is 12.1 Å². The van der Waals surface area contributed by atoms with Crippen molar-refractivity contribution in [3.05, 3.63) is 47.5 Å². The zero-order chi connectivity index (χ0) is 19.5. The van der Waals surface area contributed by atoms with E-state index in [1.54, 1.807) is 26.4 Å². The zero-order valence-electron chi connectivity index (χ0n) is 16.3. The first kappa shape index (κ1) is 18.6. The maximum Gasteiger partial charge on any atom is 0.231 e. The van der Waals surface area contributed by atoms with Crippen molar-refractivity contribution in [2.45, 2.75) is 19.4 Å². The van der Waals surface area contributed by atoms with E-state index in [4.69, 9.17) is 18.9 Å². The number of benzene rings is 2. The molecule has 0 unspecified atom stereocenters. The molecule has 1 atom stereocenters. The Morgan fingerprint density at radius 3 is 2.82 bits per heavy atom. The molecule has 2 aromatic rings. The first-order valence-electron chi connectivity index (χ1n) is 9.55. The van der Waals surface area contributed by atoms with Gasteiger partial charge in [0.05, 0.1) is 14.2 Å². The number of hydrogen-bond donors (Lipinski definition) is 0. The minimum Gasteiger partial charge on any atom is -0.493 e. The van der Waals surface area contributed by atoms with E-state index in [0.29, 0.717) is 17.1 Å². The summed E-state index contributed by atoms with van der Waals surface area (Å²) in [7, 11) is 3.17. The quantitative estimate of drug-likeness (QED) is 0.712. The first-order valence-corrected chi connectivity index (χ1v) is 9.55. The number of likely N-dealkylation sites (tertiary alicyclic amines) is 1. The van der Waals surface area contributed by atoms with Crippen molar-refractivity contribution in [2.24, 2.45) is 5.92 Å². The molecule has 2 aliphatic heterocycles. The monoisotopic (exact) mass is 383 g/mol. The molecule has 28 heavy (non-hydrogen) atoms. The van der Waals surface area contributed by atoms with Crippen LogP contribution >= 0.6 is 0 Å². The van der Waals surface area contributed by atoms with Crippen LogP contribution in [0.15, 0.2) is 36.4 Å². The van der Waals surface area contributed by atoms with Gasteiger partial charge in [0, 0.05) is 30.1 Å². The van der Waals surface area contributed by atoms with Gasteiger partial charge < -0.3 is 18.9 Å². The number of piperidine rings is 1. The van der Waals surface area contributed by atoms with Gasteiger partial charge in [-0.3, -0.25) is 9.69 Å². The summed E-state index contributed by atoms with van der Waals surface area (Å²) in [5.41, 5.74) is 1.77. The Balaban J connectivity index is 1.47. The minimum absolute atomic E-state index is 0.0271. The van der Waals surface area contributed by atoms with Crippen LogP contribution in [0.1, 0.15) is 28.8 Å². The number of methoxy groups -OCH3 is 2. The van der Waals surface area contributed by atoms with Crippen LogP contribution in [0.3, 0.4) is 0 Å². The lowest BCUT2D eigenvalue weighted by atomic mass is 9.89. The van der Waals surface area contributed by atoms with Crippen molar-refractivity contribution in [3.8, 4) is 23.0 Å². The molecule has 0 aromatic heterocycles. The molecule has 0 bridgehead atoms. The summed E-state index contributed by atoms with van der Waals surface area (Å²) >= 11 is 0. The molecular weight excluding hydrogens is 358 g/mol. The number of carbonyl (C=O) groups excluding carboxylic acids is 1. The molecule has 2 aromatic carbocycles. The molecule has 148 valence electrons. The molecule has 0 N–H and O–H groups in total. The molecule has 4 rings (SSSR count). The van der Waals surface area contributed by atoms with Gasteiger partial charge in [-0.25, -0.2) is 0 Å². The lowest BCUT2D eigenvalue weighted by molar-refractivity contribution is 0.0810. The fraction of sp³-hybridized carbons (Fsp3) is 0.409. The van der Waals surface area contributed by atoms with Gasteiger partial charge in [-0.2, -0.15) is 0 Å². The smallest absolute Gasteiger partial charge is 0.231 e. The van der Waals surface area contributed by atoms with Crippen LogP contribution in [0.2, 0.25) is 0 Å². The van der Waals surface area contributed by atoms with Crippen LogP contribution in [0.25, 0.3) is 0 Å². The SMILES string of the molecule is COc1ccc(C(=O)[C@@H]2CCCN(Cc3cccc4c3OCO4)C2)cc1OC. The van der Waals surface area contributed by atoms with Crippen LogP contribution in [-0.2, 0) is 6.54 Å². The number of Topliss-reactive ketones (excluding diaryl/α,β-unsaturated/α-hetero) is 1. The maximum atomic E-state index is 13.1. The van der Waals surface area contributed by atoms with E-state index in [2.05, 4.69) is 11.0 Å². The fourth-order valence-corrected chi connectivity index (χ4v) is 3.99. The van der Waals surface area contributed by atoms with Crippen LogP contribution in [0.5, 0.6) is 23.0 Å². The second-order valence-corrected chi connectivity index (χ2v) is 7.16. The molecule has 2 heterocycles. The third kappa shape index (κ3) is 3.64. The van der Waals surface area contributed by atoms with E-state index in [1.165, 1.54) is 0 Å². The number of rotatable bonds is 6.